The summed E-state index contributed by atoms with van der Waals surface area (Å²) in [5, 5.41) is 13.8. The Morgan fingerprint density at radius 1 is 1.62 bits per heavy atom. The van der Waals surface area contributed by atoms with Crippen LogP contribution in [0.2, 0.25) is 0 Å². The molecule has 0 aromatic carbocycles. The van der Waals surface area contributed by atoms with Gasteiger partial charge in [-0.1, -0.05) is 0 Å². The van der Waals surface area contributed by atoms with Crippen molar-refractivity contribution in [3.8, 4) is 0 Å². The molecule has 0 amide bonds. The quantitative estimate of drug-likeness (QED) is 0.728. The van der Waals surface area contributed by atoms with Gasteiger partial charge >= 0.3 is 5.97 Å². The smallest absolute Gasteiger partial charge is 0.355 e. The van der Waals surface area contributed by atoms with Gasteiger partial charge in [-0.2, -0.15) is 0 Å². The number of hydrogen-bond acceptors (Lipinski definition) is 5. The van der Waals surface area contributed by atoms with Crippen LogP contribution in [-0.4, -0.2) is 32.6 Å². The standard InChI is InChI=1S/C9H10N4O2S/c14-8(15)6-5-16-9(13-6)12-2-1-7-10-3-4-11-7/h3-5H,1-2H2,(H,10,11)(H,12,13)(H,14,15). The van der Waals surface area contributed by atoms with E-state index in [0.29, 0.717) is 11.7 Å². The fourth-order valence-electron chi connectivity index (χ4n) is 1.18. The SMILES string of the molecule is O=C(O)c1csc(NCCc2ncc[nH]2)n1. The molecule has 0 aliphatic heterocycles. The highest BCUT2D eigenvalue weighted by Crippen LogP contribution is 2.14. The lowest BCUT2D eigenvalue weighted by Gasteiger charge is -1.99. The molecule has 2 rings (SSSR count). The number of nitrogens with one attached hydrogen (secondary N) is 2. The van der Waals surface area contributed by atoms with Crippen molar-refractivity contribution >= 4 is 22.4 Å². The lowest BCUT2D eigenvalue weighted by atomic mass is 10.4. The van der Waals surface area contributed by atoms with Gasteiger partial charge in [0.1, 0.15) is 5.82 Å². The molecule has 0 unspecified atom stereocenters. The van der Waals surface area contributed by atoms with Crippen LogP contribution in [0.5, 0.6) is 0 Å². The van der Waals surface area contributed by atoms with Gasteiger partial charge < -0.3 is 15.4 Å². The fourth-order valence-corrected chi connectivity index (χ4v) is 1.89. The molecular formula is C9H10N4O2S. The van der Waals surface area contributed by atoms with Crippen LogP contribution in [0.1, 0.15) is 16.3 Å². The normalized spacial score (nSPS) is 10.2. The zero-order valence-corrected chi connectivity index (χ0v) is 9.12. The van der Waals surface area contributed by atoms with E-state index in [1.807, 2.05) is 0 Å². The first-order chi connectivity index (χ1) is 7.75. The molecule has 0 atom stereocenters. The molecule has 0 spiro atoms. The molecule has 6 nitrogen and oxygen atoms in total. The predicted octanol–water partition coefficient (Wildman–Crippen LogP) is 1.22. The van der Waals surface area contributed by atoms with Gasteiger partial charge in [0.15, 0.2) is 10.8 Å². The first kappa shape index (κ1) is 10.6. The third-order valence-corrected chi connectivity index (χ3v) is 2.72. The van der Waals surface area contributed by atoms with Crippen molar-refractivity contribution in [3.05, 3.63) is 29.3 Å². The van der Waals surface area contributed by atoms with Crippen molar-refractivity contribution in [1.82, 2.24) is 15.0 Å². The third-order valence-electron chi connectivity index (χ3n) is 1.92. The number of imidazole rings is 1. The maximum absolute atomic E-state index is 10.6. The molecule has 84 valence electrons. The summed E-state index contributed by atoms with van der Waals surface area (Å²) in [7, 11) is 0. The summed E-state index contributed by atoms with van der Waals surface area (Å²) in [4.78, 5) is 21.5. The lowest BCUT2D eigenvalue weighted by Crippen LogP contribution is -2.06. The first-order valence-corrected chi connectivity index (χ1v) is 5.54. The Kier molecular flexibility index (Phi) is 3.16. The van der Waals surface area contributed by atoms with Crippen LogP contribution in [0.3, 0.4) is 0 Å². The molecule has 0 radical (unpaired) electrons. The van der Waals surface area contributed by atoms with Gasteiger partial charge in [0.05, 0.1) is 0 Å². The number of carbonyl (C=O) groups is 1. The van der Waals surface area contributed by atoms with Crippen molar-refractivity contribution in [1.29, 1.82) is 0 Å². The molecule has 0 bridgehead atoms. The van der Waals surface area contributed by atoms with Crippen LogP contribution in [0.25, 0.3) is 0 Å². The summed E-state index contributed by atoms with van der Waals surface area (Å²) in [5.41, 5.74) is 0.0745. The second-order valence-electron chi connectivity index (χ2n) is 3.06. The Morgan fingerprint density at radius 2 is 2.50 bits per heavy atom. The highest BCUT2D eigenvalue weighted by molar-refractivity contribution is 7.13. The Morgan fingerprint density at radius 3 is 3.12 bits per heavy atom. The Balaban J connectivity index is 1.83. The summed E-state index contributed by atoms with van der Waals surface area (Å²) in [6, 6.07) is 0. The zero-order chi connectivity index (χ0) is 11.4. The number of nitrogens with zero attached hydrogens (tertiary/aromatic N) is 2. The largest absolute Gasteiger partial charge is 0.476 e. The van der Waals surface area contributed by atoms with Crippen molar-refractivity contribution in [3.63, 3.8) is 0 Å². The molecular weight excluding hydrogens is 228 g/mol. The number of rotatable bonds is 5. The maximum Gasteiger partial charge on any atom is 0.355 e. The summed E-state index contributed by atoms with van der Waals surface area (Å²) in [5.74, 6) is -0.113. The Bertz CT molecular complexity index is 466. The van der Waals surface area contributed by atoms with E-state index >= 15 is 0 Å². The van der Waals surface area contributed by atoms with Crippen molar-refractivity contribution in [2.24, 2.45) is 0 Å². The van der Waals surface area contributed by atoms with E-state index in [-0.39, 0.29) is 5.69 Å². The number of anilines is 1. The highest BCUT2D eigenvalue weighted by atomic mass is 32.1. The van der Waals surface area contributed by atoms with Crippen molar-refractivity contribution in [2.45, 2.75) is 6.42 Å². The lowest BCUT2D eigenvalue weighted by molar-refractivity contribution is 0.0691. The number of thiazole rings is 1. The number of carboxylic acid groups (broad SMARTS) is 1. The van der Waals surface area contributed by atoms with Crippen molar-refractivity contribution < 1.29 is 9.90 Å². The second kappa shape index (κ2) is 4.75. The summed E-state index contributed by atoms with van der Waals surface area (Å²) < 4.78 is 0. The molecule has 7 heteroatoms. The van der Waals surface area contributed by atoms with E-state index in [0.717, 1.165) is 12.2 Å². The molecule has 3 N–H and O–H groups in total. The molecule has 0 saturated heterocycles. The van der Waals surface area contributed by atoms with Crippen molar-refractivity contribution in [2.75, 3.05) is 11.9 Å². The van der Waals surface area contributed by atoms with E-state index in [9.17, 15) is 4.79 Å². The summed E-state index contributed by atoms with van der Waals surface area (Å²) in [6.07, 6.45) is 4.21. The van der Waals surface area contributed by atoms with Crippen LogP contribution in [-0.2, 0) is 6.42 Å². The van der Waals surface area contributed by atoms with Gasteiger partial charge in [-0.3, -0.25) is 0 Å². The number of aromatic nitrogens is 3. The van der Waals surface area contributed by atoms with Gasteiger partial charge in [0.25, 0.3) is 0 Å². The number of aromatic amines is 1. The number of hydrogen-bond donors (Lipinski definition) is 3. The average Bonchev–Trinajstić information content (AvgIpc) is 2.87. The van der Waals surface area contributed by atoms with Crippen LogP contribution >= 0.6 is 11.3 Å². The molecule has 2 heterocycles. The monoisotopic (exact) mass is 238 g/mol. The van der Waals surface area contributed by atoms with Crippen LogP contribution in [0.15, 0.2) is 17.8 Å². The molecule has 0 aliphatic rings. The van der Waals surface area contributed by atoms with E-state index in [1.165, 1.54) is 16.7 Å². The van der Waals surface area contributed by atoms with Crippen LogP contribution < -0.4 is 5.32 Å². The average molecular weight is 238 g/mol. The maximum atomic E-state index is 10.6. The van der Waals surface area contributed by atoms with E-state index in [4.69, 9.17) is 5.11 Å². The minimum Gasteiger partial charge on any atom is -0.476 e. The molecule has 0 aliphatic carbocycles. The topological polar surface area (TPSA) is 90.9 Å². The van der Waals surface area contributed by atoms with Gasteiger partial charge in [-0.25, -0.2) is 14.8 Å². The van der Waals surface area contributed by atoms with Crippen LogP contribution in [0, 0.1) is 0 Å². The summed E-state index contributed by atoms with van der Waals surface area (Å²) >= 11 is 1.28. The molecule has 2 aromatic heterocycles. The number of carboxylic acids is 1. The van der Waals surface area contributed by atoms with Gasteiger partial charge in [0, 0.05) is 30.7 Å². The minimum absolute atomic E-state index is 0.0745. The van der Waals surface area contributed by atoms with Crippen LogP contribution in [0.4, 0.5) is 5.13 Å². The second-order valence-corrected chi connectivity index (χ2v) is 3.91. The van der Waals surface area contributed by atoms with E-state index < -0.39 is 5.97 Å². The molecule has 0 fully saturated rings. The van der Waals surface area contributed by atoms with E-state index in [2.05, 4.69) is 20.3 Å². The predicted molar refractivity (Wildman–Crippen MR) is 59.9 cm³/mol. The Labute approximate surface area is 95.4 Å². The number of aromatic carboxylic acids is 1. The zero-order valence-electron chi connectivity index (χ0n) is 8.30. The summed E-state index contributed by atoms with van der Waals surface area (Å²) in [6.45, 7) is 0.667. The van der Waals surface area contributed by atoms with Gasteiger partial charge in [-0.05, 0) is 0 Å². The molecule has 2 aromatic rings. The minimum atomic E-state index is -1.00. The fraction of sp³-hybridized carbons (Fsp3) is 0.222. The van der Waals surface area contributed by atoms with Gasteiger partial charge in [-0.15, -0.1) is 11.3 Å². The number of H-pyrrole nitrogens is 1. The Hall–Kier alpha value is -1.89. The first-order valence-electron chi connectivity index (χ1n) is 4.66. The highest BCUT2D eigenvalue weighted by Gasteiger charge is 2.07. The molecule has 0 saturated carbocycles. The third kappa shape index (κ3) is 2.57. The van der Waals surface area contributed by atoms with Gasteiger partial charge in [0.2, 0.25) is 0 Å². The molecule has 16 heavy (non-hydrogen) atoms. The van der Waals surface area contributed by atoms with E-state index in [1.54, 1.807) is 12.4 Å².